The van der Waals surface area contributed by atoms with E-state index in [1.54, 1.807) is 0 Å². The van der Waals surface area contributed by atoms with Crippen LogP contribution < -0.4 is 5.32 Å². The predicted octanol–water partition coefficient (Wildman–Crippen LogP) is 4.59. The maximum absolute atomic E-state index is 13.0. The molecule has 1 aliphatic heterocycles. The molecule has 1 heterocycles. The molecule has 3 rings (SSSR count). The van der Waals surface area contributed by atoms with Crippen LogP contribution in [-0.4, -0.2) is 23.9 Å². The van der Waals surface area contributed by atoms with E-state index in [9.17, 15) is 4.79 Å². The zero-order chi connectivity index (χ0) is 16.9. The molecule has 0 radical (unpaired) electrons. The lowest BCUT2D eigenvalue weighted by Crippen LogP contribution is -2.35. The second-order valence-electron chi connectivity index (χ2n) is 6.82. The van der Waals surface area contributed by atoms with E-state index in [0.29, 0.717) is 5.92 Å². The monoisotopic (exact) mass is 322 g/mol. The van der Waals surface area contributed by atoms with Crippen molar-refractivity contribution in [2.24, 2.45) is 0 Å². The van der Waals surface area contributed by atoms with Gasteiger partial charge in [-0.2, -0.15) is 0 Å². The summed E-state index contributed by atoms with van der Waals surface area (Å²) >= 11 is 0. The lowest BCUT2D eigenvalue weighted by Gasteiger charge is -2.27. The molecule has 1 unspecified atom stereocenters. The van der Waals surface area contributed by atoms with Crippen LogP contribution in [0.5, 0.6) is 0 Å². The third kappa shape index (κ3) is 3.85. The molecule has 1 saturated heterocycles. The first-order valence-corrected chi connectivity index (χ1v) is 8.85. The highest BCUT2D eigenvalue weighted by atomic mass is 16.2. The van der Waals surface area contributed by atoms with E-state index >= 15 is 0 Å². The van der Waals surface area contributed by atoms with E-state index < -0.39 is 0 Å². The second kappa shape index (κ2) is 7.63. The van der Waals surface area contributed by atoms with Crippen LogP contribution in [0.15, 0.2) is 54.6 Å². The summed E-state index contributed by atoms with van der Waals surface area (Å²) in [5.74, 6) is 0.553. The van der Waals surface area contributed by atoms with Gasteiger partial charge in [0.1, 0.15) is 6.04 Å². The van der Waals surface area contributed by atoms with Crippen molar-refractivity contribution in [3.05, 3.63) is 65.7 Å². The number of carbonyl (C=O) groups excluding carboxylic acids is 1. The first kappa shape index (κ1) is 16.7. The molecule has 3 nitrogen and oxygen atoms in total. The van der Waals surface area contributed by atoms with Gasteiger partial charge >= 0.3 is 0 Å². The van der Waals surface area contributed by atoms with E-state index in [4.69, 9.17) is 0 Å². The second-order valence-corrected chi connectivity index (χ2v) is 6.82. The fourth-order valence-corrected chi connectivity index (χ4v) is 3.33. The molecular formula is C21H26N2O. The fraction of sp³-hybridized carbons (Fsp3) is 0.381. The summed E-state index contributed by atoms with van der Waals surface area (Å²) in [6.45, 7) is 6.32. The van der Waals surface area contributed by atoms with Crippen molar-refractivity contribution in [1.29, 1.82) is 0 Å². The van der Waals surface area contributed by atoms with Crippen LogP contribution in [-0.2, 0) is 4.79 Å². The van der Waals surface area contributed by atoms with Gasteiger partial charge in [-0.05, 0) is 55.1 Å². The SMILES string of the molecule is CC(C)c1ccc(NC(=O)C(c2ccccc2)N2CCCC2)cc1. The number of carbonyl (C=O) groups is 1. The minimum absolute atomic E-state index is 0.0559. The molecule has 1 fully saturated rings. The van der Waals surface area contributed by atoms with E-state index in [0.717, 1.165) is 24.3 Å². The normalized spacial score (nSPS) is 16.3. The standard InChI is InChI=1S/C21H26N2O/c1-16(2)17-10-12-19(13-11-17)22-21(24)20(23-14-6-7-15-23)18-8-4-3-5-9-18/h3-5,8-13,16,20H,6-7,14-15H2,1-2H3,(H,22,24). The number of amides is 1. The fourth-order valence-electron chi connectivity index (χ4n) is 3.33. The number of nitrogens with zero attached hydrogens (tertiary/aromatic N) is 1. The van der Waals surface area contributed by atoms with Crippen molar-refractivity contribution in [2.75, 3.05) is 18.4 Å². The molecule has 1 aliphatic rings. The number of hydrogen-bond donors (Lipinski definition) is 1. The van der Waals surface area contributed by atoms with E-state index in [-0.39, 0.29) is 11.9 Å². The van der Waals surface area contributed by atoms with Crippen molar-refractivity contribution in [2.45, 2.75) is 38.6 Å². The van der Waals surface area contributed by atoms with Crippen LogP contribution in [0.1, 0.15) is 49.8 Å². The zero-order valence-corrected chi connectivity index (χ0v) is 14.5. The van der Waals surface area contributed by atoms with Gasteiger partial charge in [-0.3, -0.25) is 9.69 Å². The summed E-state index contributed by atoms with van der Waals surface area (Å²) in [5.41, 5.74) is 3.22. The maximum atomic E-state index is 13.0. The van der Waals surface area contributed by atoms with Gasteiger partial charge in [-0.25, -0.2) is 0 Å². The molecule has 2 aromatic carbocycles. The maximum Gasteiger partial charge on any atom is 0.246 e. The van der Waals surface area contributed by atoms with Crippen LogP contribution >= 0.6 is 0 Å². The highest BCUT2D eigenvalue weighted by molar-refractivity contribution is 5.95. The molecule has 0 aliphatic carbocycles. The summed E-state index contributed by atoms with van der Waals surface area (Å²) in [7, 11) is 0. The first-order valence-electron chi connectivity index (χ1n) is 8.85. The van der Waals surface area contributed by atoms with Gasteiger partial charge < -0.3 is 5.32 Å². The number of rotatable bonds is 5. The van der Waals surface area contributed by atoms with Crippen LogP contribution in [0.2, 0.25) is 0 Å². The third-order valence-electron chi connectivity index (χ3n) is 4.71. The summed E-state index contributed by atoms with van der Waals surface area (Å²) in [5, 5.41) is 3.10. The molecule has 1 N–H and O–H groups in total. The third-order valence-corrected chi connectivity index (χ3v) is 4.71. The summed E-state index contributed by atoms with van der Waals surface area (Å²) < 4.78 is 0. The highest BCUT2D eigenvalue weighted by Gasteiger charge is 2.29. The average molecular weight is 322 g/mol. The molecule has 0 spiro atoms. The van der Waals surface area contributed by atoms with Crippen molar-refractivity contribution < 1.29 is 4.79 Å². The lowest BCUT2D eigenvalue weighted by atomic mass is 10.0. The molecule has 2 aromatic rings. The van der Waals surface area contributed by atoms with Gasteiger partial charge in [-0.15, -0.1) is 0 Å². The summed E-state index contributed by atoms with van der Waals surface area (Å²) in [6, 6.07) is 18.1. The van der Waals surface area contributed by atoms with Crippen molar-refractivity contribution in [3.63, 3.8) is 0 Å². The Morgan fingerprint density at radius 3 is 2.12 bits per heavy atom. The molecule has 0 aromatic heterocycles. The van der Waals surface area contributed by atoms with Crippen molar-refractivity contribution >= 4 is 11.6 Å². The molecule has 1 amide bonds. The van der Waals surface area contributed by atoms with Gasteiger partial charge in [0.05, 0.1) is 0 Å². The Bertz CT molecular complexity index is 658. The molecule has 0 saturated carbocycles. The zero-order valence-electron chi connectivity index (χ0n) is 14.5. The van der Waals surface area contributed by atoms with Gasteiger partial charge in [0, 0.05) is 5.69 Å². The summed E-state index contributed by atoms with van der Waals surface area (Å²) in [4.78, 5) is 15.3. The predicted molar refractivity (Wildman–Crippen MR) is 99.2 cm³/mol. The molecule has 3 heteroatoms. The smallest absolute Gasteiger partial charge is 0.246 e. The Labute approximate surface area is 144 Å². The quantitative estimate of drug-likeness (QED) is 0.873. The topological polar surface area (TPSA) is 32.3 Å². The Kier molecular flexibility index (Phi) is 5.31. The number of hydrogen-bond acceptors (Lipinski definition) is 2. The van der Waals surface area contributed by atoms with Crippen LogP contribution in [0.3, 0.4) is 0 Å². The summed E-state index contributed by atoms with van der Waals surface area (Å²) in [6.07, 6.45) is 2.33. The average Bonchev–Trinajstić information content (AvgIpc) is 3.10. The minimum Gasteiger partial charge on any atom is -0.324 e. The molecular weight excluding hydrogens is 296 g/mol. The van der Waals surface area contributed by atoms with Crippen molar-refractivity contribution in [1.82, 2.24) is 4.90 Å². The molecule has 1 atom stereocenters. The number of nitrogens with one attached hydrogen (secondary N) is 1. The van der Waals surface area contributed by atoms with Crippen LogP contribution in [0.25, 0.3) is 0 Å². The molecule has 24 heavy (non-hydrogen) atoms. The molecule has 0 bridgehead atoms. The number of likely N-dealkylation sites (tertiary alicyclic amines) is 1. The Morgan fingerprint density at radius 1 is 0.917 bits per heavy atom. The highest BCUT2D eigenvalue weighted by Crippen LogP contribution is 2.27. The molecule has 126 valence electrons. The van der Waals surface area contributed by atoms with Crippen LogP contribution in [0.4, 0.5) is 5.69 Å². The van der Waals surface area contributed by atoms with Crippen molar-refractivity contribution in [3.8, 4) is 0 Å². The van der Waals surface area contributed by atoms with E-state index in [2.05, 4.69) is 36.2 Å². The first-order chi connectivity index (χ1) is 11.6. The van der Waals surface area contributed by atoms with Gasteiger partial charge in [0.2, 0.25) is 5.91 Å². The largest absolute Gasteiger partial charge is 0.324 e. The Hall–Kier alpha value is -2.13. The van der Waals surface area contributed by atoms with E-state index in [1.165, 1.54) is 18.4 Å². The number of benzene rings is 2. The van der Waals surface area contributed by atoms with Gasteiger partial charge in [0.15, 0.2) is 0 Å². The lowest BCUT2D eigenvalue weighted by molar-refractivity contribution is -0.121. The van der Waals surface area contributed by atoms with Gasteiger partial charge in [-0.1, -0.05) is 56.3 Å². The minimum atomic E-state index is -0.210. The van der Waals surface area contributed by atoms with E-state index in [1.807, 2.05) is 42.5 Å². The van der Waals surface area contributed by atoms with Crippen LogP contribution in [0, 0.1) is 0 Å². The number of anilines is 1. The Balaban J connectivity index is 1.78. The van der Waals surface area contributed by atoms with Gasteiger partial charge in [0.25, 0.3) is 0 Å². The Morgan fingerprint density at radius 2 is 1.54 bits per heavy atom.